The molecule has 0 spiro atoms. The molecule has 0 aliphatic rings. The van der Waals surface area contributed by atoms with Crippen LogP contribution in [0.5, 0.6) is 0 Å². The predicted octanol–water partition coefficient (Wildman–Crippen LogP) is 2.48. The molecular formula is C14H18N4. The standard InChI is InChI=1S/C14H18N4/c1-8-5-9(2)13(16-6-8)14-17-7-12(10(3)15)11(4)18-14/h5-7,10H,15H2,1-4H3/t10-/m1/s1. The quantitative estimate of drug-likeness (QED) is 0.878. The summed E-state index contributed by atoms with van der Waals surface area (Å²) < 4.78 is 0. The predicted molar refractivity (Wildman–Crippen MR) is 72.1 cm³/mol. The molecule has 0 saturated carbocycles. The first-order valence-corrected chi connectivity index (χ1v) is 6.01. The third-order valence-corrected chi connectivity index (χ3v) is 2.93. The first kappa shape index (κ1) is 12.6. The Balaban J connectivity index is 2.49. The first-order valence-electron chi connectivity index (χ1n) is 6.01. The highest BCUT2D eigenvalue weighted by atomic mass is 14.9. The summed E-state index contributed by atoms with van der Waals surface area (Å²) in [5.74, 6) is 0.661. The summed E-state index contributed by atoms with van der Waals surface area (Å²) >= 11 is 0. The Hall–Kier alpha value is -1.81. The average Bonchev–Trinajstić information content (AvgIpc) is 2.28. The molecule has 94 valence electrons. The van der Waals surface area contributed by atoms with Crippen LogP contribution in [0.3, 0.4) is 0 Å². The Morgan fingerprint density at radius 2 is 1.83 bits per heavy atom. The fourth-order valence-corrected chi connectivity index (χ4v) is 1.99. The summed E-state index contributed by atoms with van der Waals surface area (Å²) in [7, 11) is 0. The zero-order chi connectivity index (χ0) is 13.3. The molecule has 2 heterocycles. The minimum atomic E-state index is -0.0499. The van der Waals surface area contributed by atoms with Crippen molar-refractivity contribution in [3.63, 3.8) is 0 Å². The summed E-state index contributed by atoms with van der Waals surface area (Å²) in [6.45, 7) is 7.93. The monoisotopic (exact) mass is 242 g/mol. The number of hydrogen-bond donors (Lipinski definition) is 1. The van der Waals surface area contributed by atoms with E-state index in [0.29, 0.717) is 5.82 Å². The van der Waals surface area contributed by atoms with Crippen LogP contribution < -0.4 is 5.73 Å². The summed E-state index contributed by atoms with van der Waals surface area (Å²) in [5, 5.41) is 0. The minimum Gasteiger partial charge on any atom is -0.324 e. The molecule has 0 bridgehead atoms. The number of nitrogens with two attached hydrogens (primary N) is 1. The van der Waals surface area contributed by atoms with Gasteiger partial charge >= 0.3 is 0 Å². The molecule has 2 rings (SSSR count). The first-order chi connectivity index (χ1) is 8.49. The van der Waals surface area contributed by atoms with Crippen molar-refractivity contribution in [3.8, 4) is 11.5 Å². The van der Waals surface area contributed by atoms with E-state index in [1.165, 1.54) is 0 Å². The van der Waals surface area contributed by atoms with Crippen LogP contribution in [0.25, 0.3) is 11.5 Å². The maximum Gasteiger partial charge on any atom is 0.178 e. The van der Waals surface area contributed by atoms with Crippen molar-refractivity contribution in [2.45, 2.75) is 33.7 Å². The largest absolute Gasteiger partial charge is 0.324 e. The van der Waals surface area contributed by atoms with Crippen molar-refractivity contribution in [3.05, 3.63) is 40.8 Å². The number of nitrogens with zero attached hydrogens (tertiary/aromatic N) is 3. The Morgan fingerprint density at radius 1 is 1.11 bits per heavy atom. The number of hydrogen-bond acceptors (Lipinski definition) is 4. The lowest BCUT2D eigenvalue weighted by atomic mass is 10.1. The lowest BCUT2D eigenvalue weighted by Crippen LogP contribution is -2.09. The molecule has 0 aromatic carbocycles. The van der Waals surface area contributed by atoms with Gasteiger partial charge in [0.2, 0.25) is 0 Å². The van der Waals surface area contributed by atoms with Gasteiger partial charge in [-0.1, -0.05) is 6.07 Å². The third-order valence-electron chi connectivity index (χ3n) is 2.93. The molecule has 18 heavy (non-hydrogen) atoms. The van der Waals surface area contributed by atoms with E-state index in [1.807, 2.05) is 33.9 Å². The molecule has 1 atom stereocenters. The van der Waals surface area contributed by atoms with Gasteiger partial charge in [-0.2, -0.15) is 0 Å². The fourth-order valence-electron chi connectivity index (χ4n) is 1.99. The van der Waals surface area contributed by atoms with E-state index in [2.05, 4.69) is 21.0 Å². The van der Waals surface area contributed by atoms with Crippen LogP contribution in [-0.2, 0) is 0 Å². The van der Waals surface area contributed by atoms with Gasteiger partial charge in [-0.15, -0.1) is 0 Å². The smallest absolute Gasteiger partial charge is 0.178 e. The highest BCUT2D eigenvalue weighted by molar-refractivity contribution is 5.55. The molecule has 4 heteroatoms. The summed E-state index contributed by atoms with van der Waals surface area (Å²) in [4.78, 5) is 13.3. The van der Waals surface area contributed by atoms with Crippen molar-refractivity contribution in [1.29, 1.82) is 0 Å². The SMILES string of the molecule is Cc1cnc(-c2ncc([C@@H](C)N)c(C)n2)c(C)c1. The van der Waals surface area contributed by atoms with Crippen LogP contribution in [0.4, 0.5) is 0 Å². The van der Waals surface area contributed by atoms with Gasteiger partial charge in [-0.05, 0) is 38.8 Å². The Labute approximate surface area is 107 Å². The molecule has 0 saturated heterocycles. The van der Waals surface area contributed by atoms with Gasteiger partial charge in [0.1, 0.15) is 5.69 Å². The molecule has 0 amide bonds. The number of aryl methyl sites for hydroxylation is 3. The highest BCUT2D eigenvalue weighted by Gasteiger charge is 2.11. The average molecular weight is 242 g/mol. The van der Waals surface area contributed by atoms with Crippen molar-refractivity contribution < 1.29 is 0 Å². The molecule has 0 radical (unpaired) electrons. The third kappa shape index (κ3) is 2.38. The van der Waals surface area contributed by atoms with Gasteiger partial charge < -0.3 is 5.73 Å². The summed E-state index contributed by atoms with van der Waals surface area (Å²) in [6.07, 6.45) is 3.63. The van der Waals surface area contributed by atoms with E-state index >= 15 is 0 Å². The van der Waals surface area contributed by atoms with Crippen molar-refractivity contribution in [2.75, 3.05) is 0 Å². The molecule has 2 aromatic rings. The van der Waals surface area contributed by atoms with Crippen molar-refractivity contribution in [2.24, 2.45) is 5.73 Å². The molecular weight excluding hydrogens is 224 g/mol. The van der Waals surface area contributed by atoms with Crippen LogP contribution in [0.2, 0.25) is 0 Å². The van der Waals surface area contributed by atoms with Crippen LogP contribution in [0, 0.1) is 20.8 Å². The van der Waals surface area contributed by atoms with Crippen LogP contribution in [0.1, 0.15) is 35.3 Å². The molecule has 2 N–H and O–H groups in total. The lowest BCUT2D eigenvalue weighted by molar-refractivity contribution is 0.789. The minimum absolute atomic E-state index is 0.0499. The van der Waals surface area contributed by atoms with E-state index < -0.39 is 0 Å². The van der Waals surface area contributed by atoms with Gasteiger partial charge in [0.25, 0.3) is 0 Å². The maximum absolute atomic E-state index is 5.86. The Morgan fingerprint density at radius 3 is 2.39 bits per heavy atom. The maximum atomic E-state index is 5.86. The van der Waals surface area contributed by atoms with Crippen molar-refractivity contribution >= 4 is 0 Å². The normalized spacial score (nSPS) is 12.5. The van der Waals surface area contributed by atoms with Crippen molar-refractivity contribution in [1.82, 2.24) is 15.0 Å². The summed E-state index contributed by atoms with van der Waals surface area (Å²) in [6, 6.07) is 2.03. The second kappa shape index (κ2) is 4.82. The molecule has 4 nitrogen and oxygen atoms in total. The summed E-state index contributed by atoms with van der Waals surface area (Å²) in [5.41, 5.74) is 10.8. The topological polar surface area (TPSA) is 64.7 Å². The van der Waals surface area contributed by atoms with Crippen LogP contribution >= 0.6 is 0 Å². The van der Waals surface area contributed by atoms with E-state index in [0.717, 1.165) is 28.1 Å². The van der Waals surface area contributed by atoms with E-state index in [4.69, 9.17) is 5.73 Å². The second-order valence-corrected chi connectivity index (χ2v) is 4.70. The zero-order valence-electron chi connectivity index (χ0n) is 11.2. The van der Waals surface area contributed by atoms with E-state index in [-0.39, 0.29) is 6.04 Å². The van der Waals surface area contributed by atoms with Gasteiger partial charge in [-0.25, -0.2) is 9.97 Å². The number of rotatable bonds is 2. The zero-order valence-corrected chi connectivity index (χ0v) is 11.2. The molecule has 0 fully saturated rings. The van der Waals surface area contributed by atoms with Crippen LogP contribution in [0.15, 0.2) is 18.5 Å². The molecule has 0 aliphatic carbocycles. The second-order valence-electron chi connectivity index (χ2n) is 4.70. The lowest BCUT2D eigenvalue weighted by Gasteiger charge is -2.10. The van der Waals surface area contributed by atoms with Gasteiger partial charge in [0, 0.05) is 29.7 Å². The molecule has 0 unspecified atom stereocenters. The molecule has 0 aliphatic heterocycles. The Kier molecular flexibility index (Phi) is 3.39. The number of aromatic nitrogens is 3. The van der Waals surface area contributed by atoms with Gasteiger partial charge in [0.15, 0.2) is 5.82 Å². The Bertz CT molecular complexity index is 576. The fraction of sp³-hybridized carbons (Fsp3) is 0.357. The molecule has 2 aromatic heterocycles. The number of pyridine rings is 1. The van der Waals surface area contributed by atoms with Gasteiger partial charge in [0.05, 0.1) is 0 Å². The van der Waals surface area contributed by atoms with E-state index in [1.54, 1.807) is 6.20 Å². The van der Waals surface area contributed by atoms with Crippen LogP contribution in [-0.4, -0.2) is 15.0 Å². The van der Waals surface area contributed by atoms with Gasteiger partial charge in [-0.3, -0.25) is 4.98 Å². The highest BCUT2D eigenvalue weighted by Crippen LogP contribution is 2.20. The van der Waals surface area contributed by atoms with E-state index in [9.17, 15) is 0 Å².